The van der Waals surface area contributed by atoms with E-state index in [1.165, 1.54) is 51.4 Å². The van der Waals surface area contributed by atoms with Crippen molar-refractivity contribution >= 4 is 44.6 Å². The first-order valence-corrected chi connectivity index (χ1v) is 32.5. The molecule has 52 heavy (non-hydrogen) atoms. The molecule has 2 aromatic rings. The standard InChI is InChI=1S/2C13H23N2Si2.2C8H12.2Rh/c2*1-16(2,3)14-13(15-17(4,5)6)12-10-8-7-9-11-12;2*1-2-4-6-8-7-5-3-1;;/h2*7-11H,1-6H3;2*1-2,7-8H,3-6H2;;/q2*-1;;;;/b;;2*2-1-,8-7-;;. The van der Waals surface area contributed by atoms with Crippen LogP contribution in [-0.2, 0) is 39.0 Å². The summed E-state index contributed by atoms with van der Waals surface area (Å²) in [6.07, 6.45) is 28.0. The van der Waals surface area contributed by atoms with E-state index in [-0.39, 0.29) is 39.0 Å². The van der Waals surface area contributed by atoms with Gasteiger partial charge in [0.05, 0.1) is 0 Å². The molecule has 0 bridgehead atoms. The van der Waals surface area contributed by atoms with Crippen molar-refractivity contribution in [3.8, 4) is 0 Å². The second-order valence-corrected chi connectivity index (χ2v) is 35.0. The molecule has 0 amide bonds. The van der Waals surface area contributed by atoms with Gasteiger partial charge in [-0.05, 0) is 62.5 Å². The van der Waals surface area contributed by atoms with Crippen molar-refractivity contribution < 1.29 is 39.0 Å². The first-order valence-electron chi connectivity index (χ1n) is 18.7. The SMILES string of the molecule is C1=C\CC/C=C\CC/1.C1=C\CC/C=C\CC/1.C[Si](C)(C)/N=C(/[N-][Si](C)(C)C)c1ccccc1.C[Si](C)(C)/N=C(/[N-][Si](C)(C)C)c1ccccc1.[Rh].[Rh]. The first kappa shape index (κ1) is 52.6. The topological polar surface area (TPSA) is 52.9 Å². The van der Waals surface area contributed by atoms with E-state index in [2.05, 4.69) is 176 Å². The molecule has 0 saturated carbocycles. The molecule has 2 radical (unpaired) electrons. The molecular formula is C42H70N4Rh2Si4-2. The van der Waals surface area contributed by atoms with Crippen molar-refractivity contribution in [3.63, 3.8) is 0 Å². The summed E-state index contributed by atoms with van der Waals surface area (Å²) in [6.45, 7) is 26.9. The molecule has 0 aromatic heterocycles. The maximum absolute atomic E-state index is 4.89. The van der Waals surface area contributed by atoms with Gasteiger partial charge >= 0.3 is 0 Å². The van der Waals surface area contributed by atoms with E-state index >= 15 is 0 Å². The smallest absolute Gasteiger partial charge is 0.0438 e. The molecule has 0 N–H and O–H groups in total. The van der Waals surface area contributed by atoms with Gasteiger partial charge in [-0.2, -0.15) is 0 Å². The molecule has 0 unspecified atom stereocenters. The zero-order chi connectivity index (χ0) is 37.5. The van der Waals surface area contributed by atoms with Crippen molar-refractivity contribution in [1.29, 1.82) is 0 Å². The fraction of sp³-hybridized carbons (Fsp3) is 0.476. The Kier molecular flexibility index (Phi) is 28.2. The van der Waals surface area contributed by atoms with Gasteiger partial charge in [-0.1, -0.05) is 200 Å². The summed E-state index contributed by atoms with van der Waals surface area (Å²) in [5.41, 5.74) is 2.30. The third-order valence-corrected chi connectivity index (χ3v) is 10.0. The fourth-order valence-electron chi connectivity index (χ4n) is 4.47. The Bertz CT molecular complexity index is 1220. The summed E-state index contributed by atoms with van der Waals surface area (Å²) in [4.78, 5) is 9.78. The zero-order valence-corrected chi connectivity index (χ0v) is 41.8. The summed E-state index contributed by atoms with van der Waals surface area (Å²) in [5, 5.41) is 0. The molecule has 0 aliphatic heterocycles. The van der Waals surface area contributed by atoms with Gasteiger partial charge in [-0.25, -0.2) is 0 Å². The summed E-state index contributed by atoms with van der Waals surface area (Å²) in [7, 11) is -5.95. The monoisotopic (exact) mass is 948 g/mol. The van der Waals surface area contributed by atoms with Crippen LogP contribution in [0.25, 0.3) is 9.96 Å². The largest absolute Gasteiger partial charge is 0.472 e. The van der Waals surface area contributed by atoms with Gasteiger partial charge in [0.1, 0.15) is 0 Å². The number of allylic oxidation sites excluding steroid dienone is 8. The molecule has 2 aliphatic carbocycles. The predicted molar refractivity (Wildman–Crippen MR) is 240 cm³/mol. The molecule has 294 valence electrons. The van der Waals surface area contributed by atoms with Crippen LogP contribution in [0.1, 0.15) is 62.5 Å². The molecule has 0 fully saturated rings. The molecule has 2 aromatic carbocycles. The second kappa shape index (κ2) is 27.9. The van der Waals surface area contributed by atoms with Crippen molar-refractivity contribution in [1.82, 2.24) is 0 Å². The van der Waals surface area contributed by atoms with Crippen LogP contribution < -0.4 is 0 Å². The van der Waals surface area contributed by atoms with E-state index < -0.39 is 32.9 Å². The van der Waals surface area contributed by atoms with Gasteiger partial charge in [0.2, 0.25) is 0 Å². The first-order chi connectivity index (χ1) is 23.3. The van der Waals surface area contributed by atoms with Crippen LogP contribution >= 0.6 is 0 Å². The van der Waals surface area contributed by atoms with Gasteiger partial charge < -0.3 is 19.3 Å². The number of amidine groups is 2. The predicted octanol–water partition coefficient (Wildman–Crippen LogP) is 14.3. The molecule has 0 saturated heterocycles. The average molecular weight is 949 g/mol. The summed E-state index contributed by atoms with van der Waals surface area (Å²) in [5.74, 6) is 1.92. The number of rotatable bonds is 6. The Morgan fingerprint density at radius 2 is 0.596 bits per heavy atom. The van der Waals surface area contributed by atoms with E-state index in [1.54, 1.807) is 0 Å². The molecule has 2 aliphatic rings. The third kappa shape index (κ3) is 31.9. The second-order valence-electron chi connectivity index (χ2n) is 16.7. The normalized spacial score (nSPS) is 17.5. The van der Waals surface area contributed by atoms with Gasteiger partial charge in [0.15, 0.2) is 0 Å². The fourth-order valence-corrected chi connectivity index (χ4v) is 7.92. The van der Waals surface area contributed by atoms with Crippen LogP contribution in [0.2, 0.25) is 78.6 Å². The van der Waals surface area contributed by atoms with Gasteiger partial charge in [0, 0.05) is 71.9 Å². The molecule has 0 spiro atoms. The minimum atomic E-state index is -1.49. The van der Waals surface area contributed by atoms with Gasteiger partial charge in [-0.15, -0.1) is 0 Å². The molecular weight excluding hydrogens is 879 g/mol. The van der Waals surface area contributed by atoms with Crippen molar-refractivity contribution in [3.05, 3.63) is 130 Å². The third-order valence-electron chi connectivity index (χ3n) is 6.50. The summed E-state index contributed by atoms with van der Waals surface area (Å²) in [6, 6.07) is 20.7. The van der Waals surface area contributed by atoms with Crippen LogP contribution in [-0.4, -0.2) is 44.6 Å². The van der Waals surface area contributed by atoms with Crippen LogP contribution in [0.15, 0.2) is 119 Å². The Morgan fingerprint density at radius 3 is 0.769 bits per heavy atom. The maximum Gasteiger partial charge on any atom is 0.0438 e. The van der Waals surface area contributed by atoms with Crippen LogP contribution in [0.4, 0.5) is 0 Å². The van der Waals surface area contributed by atoms with E-state index in [0.717, 1.165) is 22.8 Å². The molecule has 10 heteroatoms. The van der Waals surface area contributed by atoms with Gasteiger partial charge in [0.25, 0.3) is 0 Å². The molecule has 0 atom stereocenters. The molecule has 4 rings (SSSR count). The number of nitrogens with zero attached hydrogens (tertiary/aromatic N) is 4. The molecule has 0 heterocycles. The Balaban J connectivity index is 0. The van der Waals surface area contributed by atoms with Crippen molar-refractivity contribution in [2.24, 2.45) is 9.32 Å². The van der Waals surface area contributed by atoms with E-state index in [0.29, 0.717) is 0 Å². The van der Waals surface area contributed by atoms with Crippen molar-refractivity contribution in [2.75, 3.05) is 0 Å². The van der Waals surface area contributed by atoms with E-state index in [4.69, 9.17) is 19.3 Å². The van der Waals surface area contributed by atoms with Crippen LogP contribution in [0.3, 0.4) is 0 Å². The van der Waals surface area contributed by atoms with Gasteiger partial charge in [-0.3, -0.25) is 0 Å². The summed E-state index contributed by atoms with van der Waals surface area (Å²) >= 11 is 0. The quantitative estimate of drug-likeness (QED) is 0.120. The maximum atomic E-state index is 4.89. The Hall–Kier alpha value is -1.55. The van der Waals surface area contributed by atoms with Crippen LogP contribution in [0, 0.1) is 0 Å². The van der Waals surface area contributed by atoms with E-state index in [1.807, 2.05) is 12.1 Å². The Morgan fingerprint density at radius 1 is 0.385 bits per heavy atom. The Labute approximate surface area is 350 Å². The number of hydrogen-bond acceptors (Lipinski definition) is 2. The number of hydrogen-bond donors (Lipinski definition) is 0. The average Bonchev–Trinajstić information content (AvgIpc) is 2.95. The van der Waals surface area contributed by atoms with Crippen molar-refractivity contribution in [2.45, 2.75) is 130 Å². The summed E-state index contributed by atoms with van der Waals surface area (Å²) < 4.78 is 9.78. The minimum Gasteiger partial charge on any atom is -0.472 e. The number of benzene rings is 2. The molecule has 4 nitrogen and oxygen atoms in total. The zero-order valence-electron chi connectivity index (χ0n) is 34.5. The minimum absolute atomic E-state index is 0. The van der Waals surface area contributed by atoms with Crippen LogP contribution in [0.5, 0.6) is 0 Å². The van der Waals surface area contributed by atoms with E-state index in [9.17, 15) is 0 Å².